The lowest BCUT2D eigenvalue weighted by Gasteiger charge is -2.08. The van der Waals surface area contributed by atoms with Crippen molar-refractivity contribution in [3.05, 3.63) is 92.7 Å². The van der Waals surface area contributed by atoms with Gasteiger partial charge >= 0.3 is 5.69 Å². The summed E-state index contributed by atoms with van der Waals surface area (Å²) in [4.78, 5) is 33.6. The lowest BCUT2D eigenvalue weighted by atomic mass is 10.0. The maximum atomic E-state index is 14.0. The minimum absolute atomic E-state index is 0.0721. The minimum Gasteiger partial charge on any atom is -0.478 e. The quantitative estimate of drug-likeness (QED) is 0.232. The molecule has 0 spiro atoms. The van der Waals surface area contributed by atoms with Crippen LogP contribution in [0.5, 0.6) is 5.75 Å². The zero-order chi connectivity index (χ0) is 21.0. The van der Waals surface area contributed by atoms with Crippen LogP contribution >= 0.6 is 11.6 Å². The third-order valence-corrected chi connectivity index (χ3v) is 4.36. The average Bonchev–Trinajstić information content (AvgIpc) is 2.73. The Balaban J connectivity index is 1.75. The first-order valence-electron chi connectivity index (χ1n) is 8.34. The molecule has 0 bridgehead atoms. The van der Waals surface area contributed by atoms with E-state index in [0.717, 1.165) is 6.07 Å². The summed E-state index contributed by atoms with van der Waals surface area (Å²) in [6.45, 7) is -0.420. The van der Waals surface area contributed by atoms with Gasteiger partial charge in [0.2, 0.25) is 0 Å². The highest BCUT2D eigenvalue weighted by molar-refractivity contribution is 6.30. The summed E-state index contributed by atoms with van der Waals surface area (Å²) in [7, 11) is 0. The number of hydrogen-bond donors (Lipinski definition) is 0. The number of Topliss-reactive ketones (excluding diaryl/α,β-unsaturated/α-hetero) is 1. The summed E-state index contributed by atoms with van der Waals surface area (Å²) >= 11 is 5.74. The van der Waals surface area contributed by atoms with Gasteiger partial charge in [0.05, 0.1) is 4.92 Å². The summed E-state index contributed by atoms with van der Waals surface area (Å²) in [5.41, 5.74) is 1.02. The summed E-state index contributed by atoms with van der Waals surface area (Å²) in [6, 6.07) is 13.9. The van der Waals surface area contributed by atoms with Crippen LogP contribution in [0.15, 0.2) is 60.7 Å². The second-order valence-corrected chi connectivity index (χ2v) is 6.45. The largest absolute Gasteiger partial charge is 0.478 e. The third-order valence-electron chi connectivity index (χ3n) is 4.12. The van der Waals surface area contributed by atoms with Crippen molar-refractivity contribution < 1.29 is 23.6 Å². The molecule has 0 amide bonds. The van der Waals surface area contributed by atoms with Crippen LogP contribution < -0.4 is 4.74 Å². The fourth-order valence-corrected chi connectivity index (χ4v) is 2.82. The normalized spacial score (nSPS) is 10.4. The van der Waals surface area contributed by atoms with Crippen LogP contribution in [0.3, 0.4) is 0 Å². The highest BCUT2D eigenvalue weighted by atomic mass is 35.5. The molecule has 3 aromatic rings. The predicted molar refractivity (Wildman–Crippen MR) is 105 cm³/mol. The molecule has 6 nitrogen and oxygen atoms in total. The number of nitro benzene ring substituents is 1. The van der Waals surface area contributed by atoms with Crippen molar-refractivity contribution in [2.45, 2.75) is 0 Å². The van der Waals surface area contributed by atoms with Crippen molar-refractivity contribution in [3.8, 4) is 16.9 Å². The average molecular weight is 414 g/mol. The number of aldehydes is 1. The van der Waals surface area contributed by atoms with Gasteiger partial charge in [-0.3, -0.25) is 19.7 Å². The zero-order valence-corrected chi connectivity index (χ0v) is 15.6. The summed E-state index contributed by atoms with van der Waals surface area (Å²) in [5, 5.41) is 11.2. The number of benzene rings is 3. The highest BCUT2D eigenvalue weighted by Crippen LogP contribution is 2.30. The molecular weight excluding hydrogens is 401 g/mol. The molecule has 0 aromatic heterocycles. The molecule has 0 heterocycles. The second-order valence-electron chi connectivity index (χ2n) is 6.02. The number of hydrogen-bond acceptors (Lipinski definition) is 5. The van der Waals surface area contributed by atoms with E-state index in [2.05, 4.69) is 0 Å². The number of halogens is 2. The SMILES string of the molecule is O=Cc1ccc(F)c(-c2ccc(C(=O)COc3ccc(Cl)cc3[N+](=O)[O-])cc2)c1. The van der Waals surface area contributed by atoms with Crippen molar-refractivity contribution in [2.75, 3.05) is 6.61 Å². The van der Waals surface area contributed by atoms with Crippen molar-refractivity contribution in [2.24, 2.45) is 0 Å². The number of nitrogens with zero attached hydrogens (tertiary/aromatic N) is 1. The van der Waals surface area contributed by atoms with Crippen molar-refractivity contribution in [3.63, 3.8) is 0 Å². The number of ketones is 1. The Kier molecular flexibility index (Phi) is 5.99. The standard InChI is InChI=1S/C21H13ClFNO5/c22-16-6-8-21(19(10-16)24(27)28)29-12-20(26)15-4-2-14(3-5-15)17-9-13(11-25)1-7-18(17)23/h1-11H,12H2. The topological polar surface area (TPSA) is 86.5 Å². The van der Waals surface area contributed by atoms with Crippen molar-refractivity contribution in [1.29, 1.82) is 0 Å². The third kappa shape index (κ3) is 4.64. The Bertz CT molecular complexity index is 1100. The van der Waals surface area contributed by atoms with Gasteiger partial charge in [0.15, 0.2) is 18.1 Å². The molecule has 0 unspecified atom stereocenters. The van der Waals surface area contributed by atoms with E-state index < -0.39 is 23.1 Å². The fourth-order valence-electron chi connectivity index (χ4n) is 2.65. The van der Waals surface area contributed by atoms with Gasteiger partial charge in [-0.25, -0.2) is 4.39 Å². The molecule has 0 saturated heterocycles. The molecule has 8 heteroatoms. The van der Waals surface area contributed by atoms with E-state index in [4.69, 9.17) is 16.3 Å². The molecule has 0 saturated carbocycles. The molecule has 0 N–H and O–H groups in total. The molecule has 0 fully saturated rings. The van der Waals surface area contributed by atoms with Gasteiger partial charge in [0.1, 0.15) is 12.1 Å². The van der Waals surface area contributed by atoms with Gasteiger partial charge in [-0.15, -0.1) is 0 Å². The molecule has 146 valence electrons. The van der Waals surface area contributed by atoms with Crippen LogP contribution in [0.4, 0.5) is 10.1 Å². The number of nitro groups is 1. The monoisotopic (exact) mass is 413 g/mol. The first kappa shape index (κ1) is 20.2. The lowest BCUT2D eigenvalue weighted by molar-refractivity contribution is -0.385. The zero-order valence-electron chi connectivity index (χ0n) is 14.8. The Morgan fingerprint density at radius 3 is 2.48 bits per heavy atom. The number of carbonyl (C=O) groups excluding carboxylic acids is 2. The van der Waals surface area contributed by atoms with E-state index in [-0.39, 0.29) is 27.6 Å². The number of ether oxygens (including phenoxy) is 1. The van der Waals surface area contributed by atoms with Crippen LogP contribution in [-0.2, 0) is 0 Å². The van der Waals surface area contributed by atoms with Gasteiger partial charge in [-0.05, 0) is 35.9 Å². The van der Waals surface area contributed by atoms with Gasteiger partial charge in [-0.1, -0.05) is 35.9 Å². The van der Waals surface area contributed by atoms with E-state index in [9.17, 15) is 24.1 Å². The molecular formula is C21H13ClFNO5. The van der Waals surface area contributed by atoms with E-state index in [1.54, 1.807) is 12.1 Å². The van der Waals surface area contributed by atoms with E-state index >= 15 is 0 Å². The number of carbonyl (C=O) groups is 2. The molecule has 3 rings (SSSR count). The molecule has 0 aliphatic heterocycles. The predicted octanol–water partition coefficient (Wildman–Crippen LogP) is 5.13. The summed E-state index contributed by atoms with van der Waals surface area (Å²) in [6.07, 6.45) is 0.619. The molecule has 0 aliphatic carbocycles. The van der Waals surface area contributed by atoms with Crippen LogP contribution in [0.1, 0.15) is 20.7 Å². The lowest BCUT2D eigenvalue weighted by Crippen LogP contribution is -2.12. The van der Waals surface area contributed by atoms with E-state index in [1.807, 2.05) is 0 Å². The van der Waals surface area contributed by atoms with Crippen LogP contribution in [0.2, 0.25) is 5.02 Å². The van der Waals surface area contributed by atoms with Gasteiger partial charge in [0.25, 0.3) is 0 Å². The summed E-state index contributed by atoms with van der Waals surface area (Å²) < 4.78 is 19.3. The fraction of sp³-hybridized carbons (Fsp3) is 0.0476. The Morgan fingerprint density at radius 2 is 1.83 bits per heavy atom. The maximum absolute atomic E-state index is 14.0. The maximum Gasteiger partial charge on any atom is 0.312 e. The Labute approximate surface area is 169 Å². The van der Waals surface area contributed by atoms with Crippen molar-refractivity contribution in [1.82, 2.24) is 0 Å². The van der Waals surface area contributed by atoms with Gasteiger partial charge in [-0.2, -0.15) is 0 Å². The smallest absolute Gasteiger partial charge is 0.312 e. The molecule has 0 atom stereocenters. The van der Waals surface area contributed by atoms with E-state index in [1.165, 1.54) is 42.5 Å². The number of rotatable bonds is 7. The van der Waals surface area contributed by atoms with Crippen molar-refractivity contribution >= 4 is 29.4 Å². The van der Waals surface area contributed by atoms with E-state index in [0.29, 0.717) is 17.4 Å². The molecule has 0 radical (unpaired) electrons. The molecule has 0 aliphatic rings. The van der Waals surface area contributed by atoms with Crippen LogP contribution in [0, 0.1) is 15.9 Å². The highest BCUT2D eigenvalue weighted by Gasteiger charge is 2.17. The van der Waals surface area contributed by atoms with Crippen LogP contribution in [-0.4, -0.2) is 23.6 Å². The summed E-state index contributed by atoms with van der Waals surface area (Å²) in [5.74, 6) is -0.979. The second kappa shape index (κ2) is 8.62. The molecule has 3 aromatic carbocycles. The van der Waals surface area contributed by atoms with Gasteiger partial charge in [0, 0.05) is 27.8 Å². The minimum atomic E-state index is -0.650. The molecule has 29 heavy (non-hydrogen) atoms. The first-order valence-corrected chi connectivity index (χ1v) is 8.72. The Morgan fingerprint density at radius 1 is 1.10 bits per heavy atom. The first-order chi connectivity index (χ1) is 13.9. The van der Waals surface area contributed by atoms with Gasteiger partial charge < -0.3 is 4.74 Å². The Hall–Kier alpha value is -3.58. The van der Waals surface area contributed by atoms with Crippen LogP contribution in [0.25, 0.3) is 11.1 Å².